The first-order valence-corrected chi connectivity index (χ1v) is 10.8. The Hall–Kier alpha value is -3.43. The summed E-state index contributed by atoms with van der Waals surface area (Å²) in [6.45, 7) is 0.426. The van der Waals surface area contributed by atoms with Crippen LogP contribution in [-0.4, -0.2) is 58.6 Å². The summed E-state index contributed by atoms with van der Waals surface area (Å²) >= 11 is 0. The van der Waals surface area contributed by atoms with Crippen molar-refractivity contribution < 1.29 is 23.8 Å². The molecule has 0 radical (unpaired) electrons. The molecule has 1 unspecified atom stereocenters. The van der Waals surface area contributed by atoms with Gasteiger partial charge in [-0.05, 0) is 23.6 Å². The number of carbonyl (C=O) groups is 1. The van der Waals surface area contributed by atoms with Crippen molar-refractivity contribution in [1.29, 1.82) is 0 Å². The largest absolute Gasteiger partial charge is 0.502 e. The van der Waals surface area contributed by atoms with E-state index in [0.29, 0.717) is 13.0 Å². The third kappa shape index (κ3) is 4.84. The Labute approximate surface area is 189 Å². The Kier molecular flexibility index (Phi) is 6.90. The number of nitrogens with one attached hydrogen (secondary N) is 1. The molecular weight excluding hydrogens is 429 g/mol. The number of aromatic hydroxyl groups is 1. The highest BCUT2D eigenvalue weighted by Crippen LogP contribution is 2.30. The van der Waals surface area contributed by atoms with Crippen LogP contribution in [0.2, 0.25) is 0 Å². The van der Waals surface area contributed by atoms with Gasteiger partial charge in [0, 0.05) is 49.8 Å². The van der Waals surface area contributed by atoms with Gasteiger partial charge >= 0.3 is 6.03 Å². The van der Waals surface area contributed by atoms with E-state index < -0.39 is 23.8 Å². The van der Waals surface area contributed by atoms with E-state index in [2.05, 4.69) is 5.32 Å². The van der Waals surface area contributed by atoms with Crippen molar-refractivity contribution >= 4 is 6.03 Å². The minimum absolute atomic E-state index is 0.0712. The van der Waals surface area contributed by atoms with Gasteiger partial charge in [-0.15, -0.1) is 0 Å². The second-order valence-corrected chi connectivity index (χ2v) is 8.01. The molecule has 1 amide bonds. The standard InChI is InChI=1S/C24H26FN3O5/c25-7-8-26-12-19(23-22(31)21(30)6-10-33-23)13-27-15-20-11-18(14-28(20)24(27)32)17-3-1-16(2-4-17)5-9-29/h1-4,6,10-11,14,19,26,29,31H,5,7-9,12-13,15H2. The summed E-state index contributed by atoms with van der Waals surface area (Å²) in [5, 5.41) is 22.2. The van der Waals surface area contributed by atoms with E-state index in [0.717, 1.165) is 28.5 Å². The van der Waals surface area contributed by atoms with Crippen molar-refractivity contribution in [2.75, 3.05) is 32.9 Å². The third-order valence-corrected chi connectivity index (χ3v) is 5.77. The molecule has 0 spiro atoms. The predicted molar refractivity (Wildman–Crippen MR) is 120 cm³/mol. The Morgan fingerprint density at radius 2 is 1.94 bits per heavy atom. The van der Waals surface area contributed by atoms with Crippen LogP contribution in [0.15, 0.2) is 58.1 Å². The number of amides is 1. The second kappa shape index (κ2) is 10.0. The zero-order valence-corrected chi connectivity index (χ0v) is 18.0. The van der Waals surface area contributed by atoms with Crippen molar-refractivity contribution in [3.05, 3.63) is 76.1 Å². The molecule has 3 heterocycles. The highest BCUT2D eigenvalue weighted by molar-refractivity contribution is 5.83. The summed E-state index contributed by atoms with van der Waals surface area (Å²) < 4.78 is 19.6. The number of aliphatic hydroxyl groups is 1. The maximum absolute atomic E-state index is 13.1. The topological polar surface area (TPSA) is 108 Å². The fraction of sp³-hybridized carbons (Fsp3) is 0.333. The lowest BCUT2D eigenvalue weighted by molar-refractivity contribution is 0.202. The van der Waals surface area contributed by atoms with E-state index >= 15 is 0 Å². The summed E-state index contributed by atoms with van der Waals surface area (Å²) in [7, 11) is 0. The molecule has 0 bridgehead atoms. The molecule has 4 rings (SSSR count). The molecule has 1 aromatic carbocycles. The maximum atomic E-state index is 13.1. The number of rotatable bonds is 10. The fourth-order valence-corrected chi connectivity index (χ4v) is 4.08. The van der Waals surface area contributed by atoms with E-state index in [9.17, 15) is 19.1 Å². The molecule has 8 nitrogen and oxygen atoms in total. The van der Waals surface area contributed by atoms with Gasteiger partial charge in [0.1, 0.15) is 6.67 Å². The molecule has 0 fully saturated rings. The number of carbonyl (C=O) groups excluding carboxylic acids is 1. The van der Waals surface area contributed by atoms with Gasteiger partial charge in [-0.25, -0.2) is 9.18 Å². The summed E-state index contributed by atoms with van der Waals surface area (Å²) in [5.41, 5.74) is 3.19. The highest BCUT2D eigenvalue weighted by Gasteiger charge is 2.32. The number of aliphatic hydroxyl groups excluding tert-OH is 1. The fourth-order valence-electron chi connectivity index (χ4n) is 4.08. The SMILES string of the molecule is O=C1N(CC(CNCCF)c2occc(=O)c2O)Cc2cc(-c3ccc(CCO)cc3)cn21. The van der Waals surface area contributed by atoms with Gasteiger partial charge in [0.05, 0.1) is 18.7 Å². The first-order valence-electron chi connectivity index (χ1n) is 10.8. The van der Waals surface area contributed by atoms with E-state index in [1.165, 1.54) is 6.26 Å². The molecule has 0 aliphatic carbocycles. The van der Waals surface area contributed by atoms with Gasteiger partial charge in [-0.3, -0.25) is 9.36 Å². The summed E-state index contributed by atoms with van der Waals surface area (Å²) in [6.07, 6.45) is 3.58. The highest BCUT2D eigenvalue weighted by atomic mass is 19.1. The van der Waals surface area contributed by atoms with E-state index in [-0.39, 0.29) is 38.0 Å². The number of halogens is 1. The van der Waals surface area contributed by atoms with Crippen LogP contribution >= 0.6 is 0 Å². The first-order chi connectivity index (χ1) is 16.0. The average molecular weight is 455 g/mol. The summed E-state index contributed by atoms with van der Waals surface area (Å²) in [4.78, 5) is 26.5. The molecule has 1 aliphatic rings. The first kappa shape index (κ1) is 22.8. The Morgan fingerprint density at radius 1 is 1.15 bits per heavy atom. The molecular formula is C24H26FN3O5. The van der Waals surface area contributed by atoms with Crippen LogP contribution in [-0.2, 0) is 13.0 Å². The monoisotopic (exact) mass is 455 g/mol. The average Bonchev–Trinajstić information content (AvgIpc) is 3.35. The van der Waals surface area contributed by atoms with Crippen LogP contribution in [0.25, 0.3) is 11.1 Å². The van der Waals surface area contributed by atoms with Gasteiger partial charge < -0.3 is 24.8 Å². The van der Waals surface area contributed by atoms with Crippen LogP contribution in [0.4, 0.5) is 9.18 Å². The van der Waals surface area contributed by atoms with Crippen LogP contribution in [0.3, 0.4) is 0 Å². The summed E-state index contributed by atoms with van der Waals surface area (Å²) in [5.74, 6) is -0.956. The molecule has 174 valence electrons. The van der Waals surface area contributed by atoms with Gasteiger partial charge in [0.2, 0.25) is 11.2 Å². The minimum Gasteiger partial charge on any atom is -0.502 e. The Bertz CT molecular complexity index is 1170. The number of hydrogen-bond donors (Lipinski definition) is 3. The lowest BCUT2D eigenvalue weighted by atomic mass is 10.0. The van der Waals surface area contributed by atoms with Gasteiger partial charge in [0.25, 0.3) is 0 Å². The van der Waals surface area contributed by atoms with Crippen LogP contribution in [0.1, 0.15) is 22.9 Å². The normalized spacial score (nSPS) is 14.0. The quantitative estimate of drug-likeness (QED) is 0.406. The van der Waals surface area contributed by atoms with Crippen molar-refractivity contribution in [3.8, 4) is 16.9 Å². The van der Waals surface area contributed by atoms with E-state index in [1.54, 1.807) is 15.7 Å². The van der Waals surface area contributed by atoms with E-state index in [1.807, 2.05) is 30.3 Å². The zero-order valence-electron chi connectivity index (χ0n) is 18.0. The van der Waals surface area contributed by atoms with Crippen molar-refractivity contribution in [2.45, 2.75) is 18.9 Å². The third-order valence-electron chi connectivity index (χ3n) is 5.77. The van der Waals surface area contributed by atoms with Gasteiger partial charge in [0.15, 0.2) is 5.76 Å². The molecule has 0 saturated heterocycles. The molecule has 0 saturated carbocycles. The van der Waals surface area contributed by atoms with Crippen LogP contribution in [0, 0.1) is 0 Å². The molecule has 2 aromatic heterocycles. The molecule has 3 aromatic rings. The van der Waals surface area contributed by atoms with Crippen molar-refractivity contribution in [3.63, 3.8) is 0 Å². The molecule has 1 atom stereocenters. The predicted octanol–water partition coefficient (Wildman–Crippen LogP) is 2.48. The lowest BCUT2D eigenvalue weighted by Gasteiger charge is -2.23. The molecule has 3 N–H and O–H groups in total. The number of alkyl halides is 1. The molecule has 33 heavy (non-hydrogen) atoms. The van der Waals surface area contributed by atoms with Gasteiger partial charge in [-0.2, -0.15) is 0 Å². The molecule has 9 heteroatoms. The van der Waals surface area contributed by atoms with Crippen LogP contribution in [0.5, 0.6) is 5.75 Å². The summed E-state index contributed by atoms with van der Waals surface area (Å²) in [6, 6.07) is 10.7. The second-order valence-electron chi connectivity index (χ2n) is 8.01. The smallest absolute Gasteiger partial charge is 0.328 e. The van der Waals surface area contributed by atoms with Crippen molar-refractivity contribution in [1.82, 2.24) is 14.8 Å². The number of fused-ring (bicyclic) bond motifs is 1. The Balaban J connectivity index is 1.51. The number of benzene rings is 1. The van der Waals surface area contributed by atoms with Gasteiger partial charge in [-0.1, -0.05) is 24.3 Å². The van der Waals surface area contributed by atoms with Crippen molar-refractivity contribution in [2.24, 2.45) is 0 Å². The van der Waals surface area contributed by atoms with E-state index in [4.69, 9.17) is 9.52 Å². The number of hydrogen-bond acceptors (Lipinski definition) is 6. The Morgan fingerprint density at radius 3 is 2.64 bits per heavy atom. The number of aromatic nitrogens is 1. The zero-order chi connectivity index (χ0) is 23.4. The lowest BCUT2D eigenvalue weighted by Crippen LogP contribution is -2.35. The maximum Gasteiger partial charge on any atom is 0.328 e. The van der Waals surface area contributed by atoms with Crippen LogP contribution < -0.4 is 10.7 Å². The molecule has 1 aliphatic heterocycles. The minimum atomic E-state index is -0.569. The number of nitrogens with zero attached hydrogens (tertiary/aromatic N) is 2.